The quantitative estimate of drug-likeness (QED) is 0.105. The summed E-state index contributed by atoms with van der Waals surface area (Å²) in [7, 11) is 0. The van der Waals surface area contributed by atoms with Gasteiger partial charge in [0.15, 0.2) is 0 Å². The van der Waals surface area contributed by atoms with E-state index in [2.05, 4.69) is 107 Å². The third-order valence-corrected chi connectivity index (χ3v) is 24.4. The smallest absolute Gasteiger partial charge is 0.266 e. The number of carbonyl (C=O) groups excluding carboxylic acids is 2. The Balaban J connectivity index is 0.710. The number of likely N-dealkylation sites (N-methyl/N-ethyl adjacent to an activating group) is 2. The van der Waals surface area contributed by atoms with Gasteiger partial charge in [-0.3, -0.25) is 19.4 Å². The lowest BCUT2D eigenvalue weighted by Gasteiger charge is -2.09. The maximum Gasteiger partial charge on any atom is 0.266 e. The van der Waals surface area contributed by atoms with Crippen molar-refractivity contribution in [3.05, 3.63) is 117 Å². The molecule has 6 nitrogen and oxygen atoms in total. The van der Waals surface area contributed by atoms with Crippen LogP contribution in [0, 0.1) is 0 Å². The van der Waals surface area contributed by atoms with E-state index in [9.17, 15) is 9.59 Å². The van der Waals surface area contributed by atoms with Crippen molar-refractivity contribution in [3.8, 4) is 58.5 Å². The largest absolute Gasteiger partial charge is 0.354 e. The molecule has 2 aliphatic rings. The fourth-order valence-corrected chi connectivity index (χ4v) is 20.1. The normalized spacial score (nSPS) is 15.9. The van der Waals surface area contributed by atoms with Crippen LogP contribution in [-0.4, -0.2) is 53.3 Å². The van der Waals surface area contributed by atoms with Gasteiger partial charge in [-0.2, -0.15) is 0 Å². The zero-order valence-electron chi connectivity index (χ0n) is 35.4. The average Bonchev–Trinajstić information content (AvgIpc) is 4.14. The van der Waals surface area contributed by atoms with Crippen LogP contribution < -0.4 is 0 Å². The van der Waals surface area contributed by atoms with Crippen LogP contribution in [-0.2, 0) is 9.59 Å². The first-order valence-corrected chi connectivity index (χ1v) is 30.2. The Hall–Kier alpha value is -4.28. The number of thiocarbonyl (C=S) groups is 2. The van der Waals surface area contributed by atoms with Crippen LogP contribution in [0.2, 0.25) is 0 Å². The van der Waals surface area contributed by atoms with Gasteiger partial charge in [0.25, 0.3) is 11.8 Å². The molecular weight excluding hydrogens is 1070 g/mol. The van der Waals surface area contributed by atoms with Crippen molar-refractivity contribution in [2.75, 3.05) is 13.1 Å². The standard InChI is InChI=1S/C50H30N4O2S12/c1-3-53-47(55)43(67-49(53)57)17-23-5-7-31(59-23)33-9-11-35(61-33)37-13-15-39(63-37)41-21-29-45(65-41)25-19-28-26(20-27(25)51-29)46-30(52-28)22-42(66-46)40-16-14-38(64-40)36-12-10-34(62-36)32-8-6-24(60-32)18-44-48(56)54(4-2)50(58)68-44/h5-22,51-52H,3-4H2,1-2H3/b43-17-,44-18-. The number of amides is 2. The fraction of sp³-hybridized carbons (Fsp3) is 0.0800. The van der Waals surface area contributed by atoms with E-state index in [1.54, 1.807) is 32.5 Å². The second-order valence-electron chi connectivity index (χ2n) is 15.8. The molecule has 2 aliphatic heterocycles. The van der Waals surface area contributed by atoms with Gasteiger partial charge in [-0.15, -0.1) is 90.7 Å². The average molecular weight is 1100 g/mol. The molecule has 0 radical (unpaired) electrons. The first kappa shape index (κ1) is 43.7. The summed E-state index contributed by atoms with van der Waals surface area (Å²) in [5.74, 6) is -0.00421. The number of H-pyrrole nitrogens is 2. The van der Waals surface area contributed by atoms with Crippen molar-refractivity contribution >= 4 is 214 Å². The minimum absolute atomic E-state index is 0.00210. The molecule has 1 aromatic carbocycles. The molecule has 0 spiro atoms. The monoisotopic (exact) mass is 1100 g/mol. The zero-order chi connectivity index (χ0) is 45.9. The topological polar surface area (TPSA) is 72.2 Å². The van der Waals surface area contributed by atoms with Crippen molar-refractivity contribution in [2.24, 2.45) is 0 Å². The first-order chi connectivity index (χ1) is 33.1. The van der Waals surface area contributed by atoms with Crippen LogP contribution in [0.4, 0.5) is 0 Å². The second-order valence-corrected chi connectivity index (χ2v) is 27.8. The second kappa shape index (κ2) is 17.2. The zero-order valence-corrected chi connectivity index (χ0v) is 45.2. The molecule has 12 heterocycles. The lowest BCUT2D eigenvalue weighted by Crippen LogP contribution is -2.27. The summed E-state index contributed by atoms with van der Waals surface area (Å²) in [6.07, 6.45) is 3.94. The van der Waals surface area contributed by atoms with Gasteiger partial charge in [0.05, 0.1) is 30.2 Å². The van der Waals surface area contributed by atoms with Crippen LogP contribution >= 0.6 is 139 Å². The predicted octanol–water partition coefficient (Wildman–Crippen LogP) is 17.9. The fourth-order valence-electron chi connectivity index (χ4n) is 8.42. The van der Waals surface area contributed by atoms with Crippen molar-refractivity contribution < 1.29 is 9.59 Å². The van der Waals surface area contributed by atoms with Gasteiger partial charge < -0.3 is 9.97 Å². The van der Waals surface area contributed by atoms with Crippen molar-refractivity contribution in [1.29, 1.82) is 0 Å². The Kier molecular flexibility index (Phi) is 11.1. The third kappa shape index (κ3) is 7.54. The minimum atomic E-state index is -0.00210. The molecule has 0 bridgehead atoms. The molecule has 2 fully saturated rings. The highest BCUT2D eigenvalue weighted by atomic mass is 32.2. The number of aromatic amines is 2. The van der Waals surface area contributed by atoms with Crippen molar-refractivity contribution in [3.63, 3.8) is 0 Å². The number of aromatic nitrogens is 2. The number of carbonyl (C=O) groups is 2. The van der Waals surface area contributed by atoms with Gasteiger partial charge in [-0.25, -0.2) is 0 Å². The van der Waals surface area contributed by atoms with Crippen LogP contribution in [0.25, 0.3) is 113 Å². The molecule has 10 aromatic heterocycles. The maximum absolute atomic E-state index is 12.7. The van der Waals surface area contributed by atoms with Crippen molar-refractivity contribution in [2.45, 2.75) is 13.8 Å². The number of hydrogen-bond donors (Lipinski definition) is 2. The van der Waals surface area contributed by atoms with E-state index in [0.717, 1.165) is 20.8 Å². The number of thioether (sulfide) groups is 2. The van der Waals surface area contributed by atoms with E-state index in [-0.39, 0.29) is 11.8 Å². The molecule has 334 valence electrons. The SMILES string of the molecule is CCN1C(=O)/C(=C/c2ccc(-c3ccc(-c4ccc(-c5cc6[nH]c7cc8c(cc7c6s5)[nH]c5cc(-c6ccc(-c7ccc(-c9ccc(/C=C%10\SC(=S)N(CC)C%10=O)s9)s7)s6)sc58)s4)s3)s2)SC1=S. The van der Waals surface area contributed by atoms with E-state index in [4.69, 9.17) is 24.4 Å². The number of nitrogens with zero attached hydrogens (tertiary/aromatic N) is 2. The Morgan fingerprint density at radius 3 is 1.09 bits per heavy atom. The van der Waals surface area contributed by atoms with E-state index >= 15 is 0 Å². The summed E-state index contributed by atoms with van der Waals surface area (Å²) >= 11 is 28.0. The molecule has 0 atom stereocenters. The van der Waals surface area contributed by atoms with E-state index in [0.29, 0.717) is 31.5 Å². The van der Waals surface area contributed by atoms with Crippen molar-refractivity contribution in [1.82, 2.24) is 19.8 Å². The Labute approximate surface area is 440 Å². The van der Waals surface area contributed by atoms with Gasteiger partial charge in [-0.1, -0.05) is 48.0 Å². The van der Waals surface area contributed by atoms with Crippen LogP contribution in [0.3, 0.4) is 0 Å². The molecule has 2 N–H and O–H groups in total. The number of rotatable bonds is 10. The lowest BCUT2D eigenvalue weighted by molar-refractivity contribution is -0.122. The van der Waals surface area contributed by atoms with Crippen LogP contribution in [0.5, 0.6) is 0 Å². The molecule has 2 amide bonds. The maximum atomic E-state index is 12.7. The number of benzene rings is 1. The van der Waals surface area contributed by atoms with Gasteiger partial charge in [0.2, 0.25) is 0 Å². The summed E-state index contributed by atoms with van der Waals surface area (Å²) in [6.45, 7) is 5.09. The van der Waals surface area contributed by atoms with E-state index in [1.807, 2.05) is 94.0 Å². The van der Waals surface area contributed by atoms with Gasteiger partial charge in [0, 0.05) is 103 Å². The molecule has 0 aliphatic carbocycles. The Morgan fingerprint density at radius 2 is 0.750 bits per heavy atom. The molecule has 0 saturated carbocycles. The number of thiophene rings is 8. The Morgan fingerprint density at radius 1 is 0.426 bits per heavy atom. The number of nitrogens with one attached hydrogen (secondary N) is 2. The summed E-state index contributed by atoms with van der Waals surface area (Å²) in [5, 5.41) is 2.49. The summed E-state index contributed by atoms with van der Waals surface area (Å²) < 4.78 is 3.82. The van der Waals surface area contributed by atoms with E-state index in [1.165, 1.54) is 113 Å². The summed E-state index contributed by atoms with van der Waals surface area (Å²) in [5.41, 5.74) is 4.66. The number of hydrogen-bond acceptors (Lipinski definition) is 14. The van der Waals surface area contributed by atoms with Crippen LogP contribution in [0.15, 0.2) is 107 Å². The van der Waals surface area contributed by atoms with Gasteiger partial charge in [0.1, 0.15) is 8.64 Å². The lowest BCUT2D eigenvalue weighted by atomic mass is 10.2. The molecule has 0 unspecified atom stereocenters. The Bertz CT molecular complexity index is 3720. The van der Waals surface area contributed by atoms with Crippen LogP contribution in [0.1, 0.15) is 23.6 Å². The summed E-state index contributed by atoms with van der Waals surface area (Å²) in [6, 6.07) is 35.6. The highest BCUT2D eigenvalue weighted by Crippen LogP contribution is 2.49. The minimum Gasteiger partial charge on any atom is -0.354 e. The highest BCUT2D eigenvalue weighted by molar-refractivity contribution is 8.27. The molecule has 11 aromatic rings. The summed E-state index contributed by atoms with van der Waals surface area (Å²) in [4.78, 5) is 54.8. The number of fused-ring (bicyclic) bond motifs is 6. The molecule has 2 saturated heterocycles. The van der Waals surface area contributed by atoms with E-state index < -0.39 is 0 Å². The molecule has 68 heavy (non-hydrogen) atoms. The molecule has 13 rings (SSSR count). The van der Waals surface area contributed by atoms with Gasteiger partial charge in [-0.05, 0) is 123 Å². The molecule has 18 heteroatoms. The predicted molar refractivity (Wildman–Crippen MR) is 312 cm³/mol. The third-order valence-electron chi connectivity index (χ3n) is 11.7. The van der Waals surface area contributed by atoms with Gasteiger partial charge >= 0.3 is 0 Å². The highest BCUT2D eigenvalue weighted by Gasteiger charge is 2.32. The molecular formula is C50H30N4O2S12. The first-order valence-electron chi connectivity index (χ1n) is 21.3.